The van der Waals surface area contributed by atoms with Gasteiger partial charge in [0.1, 0.15) is 11.9 Å². The van der Waals surface area contributed by atoms with Crippen molar-refractivity contribution in [2.75, 3.05) is 0 Å². The highest BCUT2D eigenvalue weighted by Gasteiger charge is 2.05. The van der Waals surface area contributed by atoms with Crippen molar-refractivity contribution >= 4 is 0 Å². The van der Waals surface area contributed by atoms with E-state index in [0.29, 0.717) is 0 Å². The van der Waals surface area contributed by atoms with Gasteiger partial charge in [0.05, 0.1) is 0 Å². The summed E-state index contributed by atoms with van der Waals surface area (Å²) in [5.41, 5.74) is 2.54. The van der Waals surface area contributed by atoms with Gasteiger partial charge in [0.15, 0.2) is 0 Å². The molecular formula is C16H18O. The Morgan fingerprint density at radius 1 is 0.941 bits per heavy atom. The maximum atomic E-state index is 5.90. The molecule has 1 unspecified atom stereocenters. The molecule has 0 aliphatic rings. The molecule has 1 heteroatoms. The lowest BCUT2D eigenvalue weighted by Crippen LogP contribution is -2.02. The Balaban J connectivity index is 2.05. The van der Waals surface area contributed by atoms with E-state index in [0.717, 1.165) is 12.2 Å². The number of ether oxygens (including phenoxy) is 1. The van der Waals surface area contributed by atoms with Crippen molar-refractivity contribution in [3.8, 4) is 5.75 Å². The molecule has 0 aliphatic carbocycles. The van der Waals surface area contributed by atoms with Gasteiger partial charge in [0, 0.05) is 0 Å². The fraction of sp³-hybridized carbons (Fsp3) is 0.250. The summed E-state index contributed by atoms with van der Waals surface area (Å²) in [7, 11) is 0. The summed E-state index contributed by atoms with van der Waals surface area (Å²) in [6.45, 7) is 4.23. The zero-order valence-corrected chi connectivity index (χ0v) is 10.4. The smallest absolute Gasteiger partial charge is 0.121 e. The van der Waals surface area contributed by atoms with E-state index in [-0.39, 0.29) is 6.10 Å². The van der Waals surface area contributed by atoms with Crippen LogP contribution < -0.4 is 4.74 Å². The van der Waals surface area contributed by atoms with Crippen LogP contribution in [0.15, 0.2) is 54.6 Å². The summed E-state index contributed by atoms with van der Waals surface area (Å²) in [5, 5.41) is 0. The van der Waals surface area contributed by atoms with Crippen LogP contribution in [-0.2, 0) is 6.42 Å². The third-order valence-corrected chi connectivity index (χ3v) is 2.91. The first-order chi connectivity index (χ1) is 8.29. The first-order valence-corrected chi connectivity index (χ1v) is 6.10. The van der Waals surface area contributed by atoms with Crippen molar-refractivity contribution in [2.45, 2.75) is 26.4 Å². The van der Waals surface area contributed by atoms with E-state index >= 15 is 0 Å². The van der Waals surface area contributed by atoms with Crippen molar-refractivity contribution in [3.05, 3.63) is 65.7 Å². The highest BCUT2D eigenvalue weighted by molar-refractivity contribution is 5.28. The number of benzene rings is 2. The van der Waals surface area contributed by atoms with E-state index in [1.54, 1.807) is 0 Å². The quantitative estimate of drug-likeness (QED) is 0.751. The van der Waals surface area contributed by atoms with Gasteiger partial charge >= 0.3 is 0 Å². The van der Waals surface area contributed by atoms with Gasteiger partial charge in [-0.05, 0) is 36.6 Å². The van der Waals surface area contributed by atoms with Crippen LogP contribution in [0.3, 0.4) is 0 Å². The lowest BCUT2D eigenvalue weighted by molar-refractivity contribution is 0.227. The van der Waals surface area contributed by atoms with Gasteiger partial charge in [-0.3, -0.25) is 0 Å². The molecule has 0 bridgehead atoms. The molecule has 0 radical (unpaired) electrons. The average molecular weight is 226 g/mol. The average Bonchev–Trinajstić information content (AvgIpc) is 2.40. The van der Waals surface area contributed by atoms with Crippen LogP contribution in [0.25, 0.3) is 0 Å². The predicted octanol–water partition coefficient (Wildman–Crippen LogP) is 4.39. The van der Waals surface area contributed by atoms with Gasteiger partial charge in [0.2, 0.25) is 0 Å². The molecule has 0 aromatic heterocycles. The van der Waals surface area contributed by atoms with Crippen LogP contribution in [0.4, 0.5) is 0 Å². The minimum atomic E-state index is 0.0867. The molecule has 0 amide bonds. The molecule has 88 valence electrons. The lowest BCUT2D eigenvalue weighted by atomic mass is 10.1. The molecule has 0 aliphatic heterocycles. The number of aryl methyl sites for hydroxylation is 1. The Kier molecular flexibility index (Phi) is 3.81. The van der Waals surface area contributed by atoms with Gasteiger partial charge in [-0.1, -0.05) is 49.4 Å². The Hall–Kier alpha value is -1.76. The fourth-order valence-corrected chi connectivity index (χ4v) is 1.80. The first kappa shape index (κ1) is 11.7. The van der Waals surface area contributed by atoms with Crippen molar-refractivity contribution in [1.82, 2.24) is 0 Å². The van der Waals surface area contributed by atoms with E-state index in [4.69, 9.17) is 4.74 Å². The zero-order chi connectivity index (χ0) is 12.1. The van der Waals surface area contributed by atoms with Crippen molar-refractivity contribution in [1.29, 1.82) is 0 Å². The molecule has 0 saturated carbocycles. The molecule has 0 fully saturated rings. The number of hydrogen-bond donors (Lipinski definition) is 0. The van der Waals surface area contributed by atoms with Gasteiger partial charge < -0.3 is 4.74 Å². The van der Waals surface area contributed by atoms with Crippen molar-refractivity contribution < 1.29 is 4.74 Å². The summed E-state index contributed by atoms with van der Waals surface area (Å²) in [4.78, 5) is 0. The summed E-state index contributed by atoms with van der Waals surface area (Å²) in [6.07, 6.45) is 1.15. The Labute approximate surface area is 103 Å². The molecule has 2 aromatic rings. The molecule has 2 rings (SSSR count). The normalized spacial score (nSPS) is 12.1. The van der Waals surface area contributed by atoms with Crippen LogP contribution >= 0.6 is 0 Å². The molecule has 1 atom stereocenters. The van der Waals surface area contributed by atoms with Gasteiger partial charge in [-0.2, -0.15) is 0 Å². The van der Waals surface area contributed by atoms with E-state index < -0.39 is 0 Å². The maximum Gasteiger partial charge on any atom is 0.121 e. The first-order valence-electron chi connectivity index (χ1n) is 6.10. The van der Waals surface area contributed by atoms with Gasteiger partial charge in [-0.25, -0.2) is 0 Å². The molecule has 0 saturated heterocycles. The topological polar surface area (TPSA) is 9.23 Å². The van der Waals surface area contributed by atoms with Gasteiger partial charge in [0.25, 0.3) is 0 Å². The predicted molar refractivity (Wildman–Crippen MR) is 71.3 cm³/mol. The highest BCUT2D eigenvalue weighted by Crippen LogP contribution is 2.21. The van der Waals surface area contributed by atoms with E-state index in [1.807, 2.05) is 30.3 Å². The number of rotatable bonds is 4. The highest BCUT2D eigenvalue weighted by atomic mass is 16.5. The fourth-order valence-electron chi connectivity index (χ4n) is 1.80. The second-order valence-corrected chi connectivity index (χ2v) is 4.17. The summed E-state index contributed by atoms with van der Waals surface area (Å²) >= 11 is 0. The Morgan fingerprint density at radius 3 is 2.18 bits per heavy atom. The molecule has 17 heavy (non-hydrogen) atoms. The van der Waals surface area contributed by atoms with Gasteiger partial charge in [-0.15, -0.1) is 0 Å². The second kappa shape index (κ2) is 5.53. The van der Waals surface area contributed by atoms with Crippen LogP contribution in [0.2, 0.25) is 0 Å². The SMILES string of the molecule is CCc1ccc(OC(C)c2ccccc2)cc1. The van der Waals surface area contributed by atoms with E-state index in [2.05, 4.69) is 38.1 Å². The third-order valence-electron chi connectivity index (χ3n) is 2.91. The molecular weight excluding hydrogens is 208 g/mol. The maximum absolute atomic E-state index is 5.90. The minimum absolute atomic E-state index is 0.0867. The summed E-state index contributed by atoms with van der Waals surface area (Å²) in [5.74, 6) is 0.929. The van der Waals surface area contributed by atoms with Crippen LogP contribution in [0.5, 0.6) is 5.75 Å². The Bertz CT molecular complexity index is 445. The van der Waals surface area contributed by atoms with E-state index in [9.17, 15) is 0 Å². The zero-order valence-electron chi connectivity index (χ0n) is 10.4. The largest absolute Gasteiger partial charge is 0.486 e. The molecule has 0 N–H and O–H groups in total. The lowest BCUT2D eigenvalue weighted by Gasteiger charge is -2.15. The number of hydrogen-bond acceptors (Lipinski definition) is 1. The molecule has 0 spiro atoms. The summed E-state index contributed by atoms with van der Waals surface area (Å²) < 4.78 is 5.90. The standard InChI is InChI=1S/C16H18O/c1-3-14-9-11-16(12-10-14)17-13(2)15-7-5-4-6-8-15/h4-13H,3H2,1-2H3. The molecule has 0 heterocycles. The van der Waals surface area contributed by atoms with Crippen LogP contribution in [0, 0.1) is 0 Å². The third kappa shape index (κ3) is 3.10. The summed E-state index contributed by atoms with van der Waals surface area (Å²) in [6, 6.07) is 18.6. The molecule has 2 aromatic carbocycles. The minimum Gasteiger partial charge on any atom is -0.486 e. The second-order valence-electron chi connectivity index (χ2n) is 4.17. The molecule has 1 nitrogen and oxygen atoms in total. The van der Waals surface area contributed by atoms with Crippen molar-refractivity contribution in [2.24, 2.45) is 0 Å². The van der Waals surface area contributed by atoms with Crippen molar-refractivity contribution in [3.63, 3.8) is 0 Å². The monoisotopic (exact) mass is 226 g/mol. The van der Waals surface area contributed by atoms with E-state index in [1.165, 1.54) is 11.1 Å². The Morgan fingerprint density at radius 2 is 1.59 bits per heavy atom. The van der Waals surface area contributed by atoms with Crippen LogP contribution in [0.1, 0.15) is 31.1 Å². The van der Waals surface area contributed by atoms with Crippen LogP contribution in [-0.4, -0.2) is 0 Å².